The topological polar surface area (TPSA) is 38.1 Å². The van der Waals surface area contributed by atoms with Gasteiger partial charge in [-0.2, -0.15) is 11.3 Å². The van der Waals surface area contributed by atoms with Crippen molar-refractivity contribution in [3.8, 4) is 0 Å². The lowest BCUT2D eigenvalue weighted by atomic mass is 10.2. The summed E-state index contributed by atoms with van der Waals surface area (Å²) < 4.78 is 5.11. The van der Waals surface area contributed by atoms with Gasteiger partial charge in [-0.3, -0.25) is 0 Å². The van der Waals surface area contributed by atoms with E-state index in [1.54, 1.807) is 11.3 Å². The molecule has 0 atom stereocenters. The Balaban J connectivity index is 1.76. The van der Waals surface area contributed by atoms with Crippen molar-refractivity contribution < 1.29 is 4.52 Å². The van der Waals surface area contributed by atoms with Crippen LogP contribution in [-0.4, -0.2) is 11.7 Å². The second kappa shape index (κ2) is 5.27. The molecule has 16 heavy (non-hydrogen) atoms. The molecule has 0 aliphatic rings. The highest BCUT2D eigenvalue weighted by Gasteiger charge is 2.07. The predicted octanol–water partition coefficient (Wildman–Crippen LogP) is 2.69. The van der Waals surface area contributed by atoms with E-state index in [0.29, 0.717) is 0 Å². The Morgan fingerprint density at radius 3 is 2.94 bits per heavy atom. The summed E-state index contributed by atoms with van der Waals surface area (Å²) in [6.45, 7) is 5.76. The molecule has 0 aliphatic heterocycles. The maximum absolute atomic E-state index is 5.11. The first-order valence-electron chi connectivity index (χ1n) is 5.41. The van der Waals surface area contributed by atoms with Crippen LogP contribution in [0.5, 0.6) is 0 Å². The summed E-state index contributed by atoms with van der Waals surface area (Å²) in [5.74, 6) is 0.917. The van der Waals surface area contributed by atoms with Crippen LogP contribution in [0.4, 0.5) is 0 Å². The van der Waals surface area contributed by atoms with Crippen molar-refractivity contribution in [1.82, 2.24) is 10.5 Å². The van der Waals surface area contributed by atoms with Crippen molar-refractivity contribution in [2.45, 2.75) is 26.8 Å². The zero-order valence-electron chi connectivity index (χ0n) is 9.62. The van der Waals surface area contributed by atoms with Gasteiger partial charge in [-0.15, -0.1) is 0 Å². The van der Waals surface area contributed by atoms with Gasteiger partial charge < -0.3 is 9.84 Å². The lowest BCUT2D eigenvalue weighted by molar-refractivity contribution is 0.392. The second-order valence-corrected chi connectivity index (χ2v) is 4.64. The molecular formula is C12H16N2OS. The number of aromatic nitrogens is 1. The molecule has 86 valence electrons. The minimum absolute atomic E-state index is 0.839. The molecule has 0 radical (unpaired) electrons. The molecule has 0 saturated heterocycles. The van der Waals surface area contributed by atoms with Gasteiger partial charge >= 0.3 is 0 Å². The Labute approximate surface area is 99.5 Å². The fourth-order valence-electron chi connectivity index (χ4n) is 1.64. The molecule has 0 spiro atoms. The van der Waals surface area contributed by atoms with Gasteiger partial charge in [0.05, 0.1) is 5.69 Å². The van der Waals surface area contributed by atoms with Gasteiger partial charge in [-0.25, -0.2) is 0 Å². The first-order valence-corrected chi connectivity index (χ1v) is 6.35. The lowest BCUT2D eigenvalue weighted by Crippen LogP contribution is -2.17. The van der Waals surface area contributed by atoms with Crippen molar-refractivity contribution in [3.05, 3.63) is 39.4 Å². The monoisotopic (exact) mass is 236 g/mol. The van der Waals surface area contributed by atoms with Crippen LogP contribution in [0, 0.1) is 13.8 Å². The maximum Gasteiger partial charge on any atom is 0.138 e. The molecule has 2 heterocycles. The molecule has 3 nitrogen and oxygen atoms in total. The average molecular weight is 236 g/mol. The largest absolute Gasteiger partial charge is 0.361 e. The number of nitrogens with one attached hydrogen (secondary N) is 1. The SMILES string of the molecule is Cc1noc(C)c1CNCCc1ccsc1. The zero-order chi connectivity index (χ0) is 11.4. The summed E-state index contributed by atoms with van der Waals surface area (Å²) in [4.78, 5) is 0. The fraction of sp³-hybridized carbons (Fsp3) is 0.417. The fourth-order valence-corrected chi connectivity index (χ4v) is 2.34. The normalized spacial score (nSPS) is 10.9. The van der Waals surface area contributed by atoms with Crippen LogP contribution in [0.15, 0.2) is 21.3 Å². The van der Waals surface area contributed by atoms with Crippen LogP contribution in [0.3, 0.4) is 0 Å². The third kappa shape index (κ3) is 2.71. The van der Waals surface area contributed by atoms with Crippen LogP contribution in [0.1, 0.15) is 22.6 Å². The minimum atomic E-state index is 0.839. The third-order valence-corrected chi connectivity index (χ3v) is 3.39. The number of hydrogen-bond acceptors (Lipinski definition) is 4. The standard InChI is InChI=1S/C12H16N2OS/c1-9-12(10(2)15-14-9)7-13-5-3-11-4-6-16-8-11/h4,6,8,13H,3,5,7H2,1-2H3. The first-order chi connectivity index (χ1) is 7.77. The van der Waals surface area contributed by atoms with E-state index in [2.05, 4.69) is 27.3 Å². The first kappa shape index (κ1) is 11.4. The Morgan fingerprint density at radius 2 is 2.31 bits per heavy atom. The molecule has 0 bridgehead atoms. The van der Waals surface area contributed by atoms with Gasteiger partial charge in [-0.05, 0) is 49.2 Å². The molecule has 0 aliphatic carbocycles. The summed E-state index contributed by atoms with van der Waals surface area (Å²) >= 11 is 1.75. The Hall–Kier alpha value is -1.13. The van der Waals surface area contributed by atoms with Crippen LogP contribution in [0.25, 0.3) is 0 Å². The van der Waals surface area contributed by atoms with Crippen LogP contribution >= 0.6 is 11.3 Å². The zero-order valence-corrected chi connectivity index (χ0v) is 10.4. The number of thiophene rings is 1. The molecule has 2 rings (SSSR count). The highest BCUT2D eigenvalue weighted by molar-refractivity contribution is 7.07. The summed E-state index contributed by atoms with van der Waals surface area (Å²) in [6.07, 6.45) is 1.08. The molecule has 2 aromatic heterocycles. The predicted molar refractivity (Wildman–Crippen MR) is 65.7 cm³/mol. The van der Waals surface area contributed by atoms with Gasteiger partial charge in [0, 0.05) is 12.1 Å². The molecule has 0 unspecified atom stereocenters. The lowest BCUT2D eigenvalue weighted by Gasteiger charge is -2.03. The average Bonchev–Trinajstić information content (AvgIpc) is 2.87. The van der Waals surface area contributed by atoms with Crippen LogP contribution in [0.2, 0.25) is 0 Å². The van der Waals surface area contributed by atoms with E-state index in [4.69, 9.17) is 4.52 Å². The summed E-state index contributed by atoms with van der Waals surface area (Å²) in [7, 11) is 0. The highest BCUT2D eigenvalue weighted by Crippen LogP contribution is 2.11. The minimum Gasteiger partial charge on any atom is -0.361 e. The second-order valence-electron chi connectivity index (χ2n) is 3.86. The number of hydrogen-bond donors (Lipinski definition) is 1. The number of nitrogens with zero attached hydrogens (tertiary/aromatic N) is 1. The van der Waals surface area contributed by atoms with E-state index in [1.165, 1.54) is 11.1 Å². The molecular weight excluding hydrogens is 220 g/mol. The summed E-state index contributed by atoms with van der Waals surface area (Å²) in [6, 6.07) is 2.17. The van der Waals surface area contributed by atoms with E-state index >= 15 is 0 Å². The van der Waals surface area contributed by atoms with Gasteiger partial charge in [0.25, 0.3) is 0 Å². The third-order valence-electron chi connectivity index (χ3n) is 2.65. The highest BCUT2D eigenvalue weighted by atomic mass is 32.1. The van der Waals surface area contributed by atoms with Crippen molar-refractivity contribution in [2.24, 2.45) is 0 Å². The Kier molecular flexibility index (Phi) is 3.74. The van der Waals surface area contributed by atoms with E-state index in [9.17, 15) is 0 Å². The smallest absolute Gasteiger partial charge is 0.138 e. The van der Waals surface area contributed by atoms with E-state index in [-0.39, 0.29) is 0 Å². The quantitative estimate of drug-likeness (QED) is 0.811. The molecule has 4 heteroatoms. The van der Waals surface area contributed by atoms with Gasteiger partial charge in [-0.1, -0.05) is 5.16 Å². The molecule has 0 amide bonds. The molecule has 0 aromatic carbocycles. The van der Waals surface area contributed by atoms with E-state index < -0.39 is 0 Å². The Bertz CT molecular complexity index is 414. The number of aryl methyl sites for hydroxylation is 2. The molecule has 2 aromatic rings. The van der Waals surface area contributed by atoms with E-state index in [0.717, 1.165) is 31.0 Å². The summed E-state index contributed by atoms with van der Waals surface area (Å²) in [5, 5.41) is 11.7. The van der Waals surface area contributed by atoms with Gasteiger partial charge in [0.15, 0.2) is 0 Å². The molecule has 1 N–H and O–H groups in total. The van der Waals surface area contributed by atoms with Crippen LogP contribution < -0.4 is 5.32 Å². The Morgan fingerprint density at radius 1 is 1.44 bits per heavy atom. The molecule has 0 saturated carbocycles. The van der Waals surface area contributed by atoms with Gasteiger partial charge in [0.1, 0.15) is 5.76 Å². The van der Waals surface area contributed by atoms with E-state index in [1.807, 2.05) is 13.8 Å². The van der Waals surface area contributed by atoms with Crippen molar-refractivity contribution >= 4 is 11.3 Å². The van der Waals surface area contributed by atoms with Crippen molar-refractivity contribution in [3.63, 3.8) is 0 Å². The molecule has 0 fully saturated rings. The van der Waals surface area contributed by atoms with Gasteiger partial charge in [0.2, 0.25) is 0 Å². The number of rotatable bonds is 5. The maximum atomic E-state index is 5.11. The van der Waals surface area contributed by atoms with Crippen molar-refractivity contribution in [2.75, 3.05) is 6.54 Å². The van der Waals surface area contributed by atoms with Crippen LogP contribution in [-0.2, 0) is 13.0 Å². The summed E-state index contributed by atoms with van der Waals surface area (Å²) in [5.41, 5.74) is 3.57. The van der Waals surface area contributed by atoms with Crippen molar-refractivity contribution in [1.29, 1.82) is 0 Å².